The molecule has 22 heavy (non-hydrogen) atoms. The molecule has 2 rings (SSSR count). The van der Waals surface area contributed by atoms with Gasteiger partial charge in [0.05, 0.1) is 21.8 Å². The molecular weight excluding hydrogens is 288 g/mol. The number of hydrogen-bond acceptors (Lipinski definition) is 5. The Morgan fingerprint density at radius 1 is 1.50 bits per heavy atom. The summed E-state index contributed by atoms with van der Waals surface area (Å²) in [5.74, 6) is -1.19. The number of ether oxygens (including phenoxy) is 1. The van der Waals surface area contributed by atoms with Gasteiger partial charge in [0.1, 0.15) is 6.23 Å². The van der Waals surface area contributed by atoms with Crippen molar-refractivity contribution in [2.75, 3.05) is 6.54 Å². The highest BCUT2D eigenvalue weighted by molar-refractivity contribution is 6.44. The molecule has 8 nitrogen and oxygen atoms in total. The van der Waals surface area contributed by atoms with Crippen molar-refractivity contribution in [2.24, 2.45) is 5.73 Å². The molecule has 10 heteroatoms. The molecule has 1 fully saturated rings. The molecule has 1 aromatic heterocycles. The maximum absolute atomic E-state index is 11.4. The molecule has 2 heterocycles. The lowest BCUT2D eigenvalue weighted by Gasteiger charge is -2.14. The molecule has 1 aliphatic heterocycles. The molecule has 1 aromatic rings. The van der Waals surface area contributed by atoms with Gasteiger partial charge in [-0.15, -0.1) is 0 Å². The van der Waals surface area contributed by atoms with Crippen molar-refractivity contribution < 1.29 is 14.6 Å². The number of aromatic nitrogens is 2. The maximum Gasteiger partial charge on any atom is 0.330 e. The third kappa shape index (κ3) is 5.90. The quantitative estimate of drug-likeness (QED) is 0.612. The summed E-state index contributed by atoms with van der Waals surface area (Å²) >= 11 is 0. The van der Waals surface area contributed by atoms with E-state index < -0.39 is 22.9 Å². The Bertz CT molecular complexity index is 587. The fraction of sp³-hybridized carbons (Fsp3) is 0.583. The maximum atomic E-state index is 11.4. The van der Waals surface area contributed by atoms with Gasteiger partial charge >= 0.3 is 5.69 Å². The third-order valence-corrected chi connectivity index (χ3v) is 2.79. The summed E-state index contributed by atoms with van der Waals surface area (Å²) in [7, 11) is 9.23. The number of nitrogens with zero attached hydrogens (tertiary/aromatic N) is 1. The van der Waals surface area contributed by atoms with Crippen molar-refractivity contribution in [1.82, 2.24) is 9.55 Å². The number of rotatable bonds is 3. The van der Waals surface area contributed by atoms with Crippen LogP contribution in [0, 0.1) is 0 Å². The van der Waals surface area contributed by atoms with Crippen molar-refractivity contribution in [3.63, 3.8) is 0 Å². The molecule has 1 aliphatic rings. The molecule has 2 unspecified atom stereocenters. The van der Waals surface area contributed by atoms with Gasteiger partial charge in [-0.1, -0.05) is 7.43 Å². The van der Waals surface area contributed by atoms with E-state index in [2.05, 4.69) is 20.7 Å². The van der Waals surface area contributed by atoms with Crippen LogP contribution in [0.25, 0.3) is 0 Å². The Balaban J connectivity index is 0.000000546. The summed E-state index contributed by atoms with van der Waals surface area (Å²) < 4.78 is 6.92. The van der Waals surface area contributed by atoms with Gasteiger partial charge in [-0.3, -0.25) is 19.1 Å². The van der Waals surface area contributed by atoms with Gasteiger partial charge in [-0.05, 0) is 18.6 Å². The second kappa shape index (κ2) is 9.26. The zero-order chi connectivity index (χ0) is 16.0. The van der Waals surface area contributed by atoms with Gasteiger partial charge < -0.3 is 15.6 Å². The van der Waals surface area contributed by atoms with Crippen molar-refractivity contribution in [3.05, 3.63) is 33.1 Å². The molecule has 0 amide bonds. The number of hydrogen-bond donors (Lipinski definition) is 3. The standard InChI is InChI=1S/C9H13N3O3.C2H2B2O2.CH4/c10-5-6-1-2-8(15-6)12-4-3-7(13)11-9(12)14;3-1(4)2(5)6;/h3-4,6,8H,1-2,5,10H2,(H,11,13,14);1H,(H,5,6);1H4. The van der Waals surface area contributed by atoms with Crippen LogP contribution in [0.5, 0.6) is 0 Å². The molecular formula is C12H19B2N3O5. The Morgan fingerprint density at radius 2 is 2.09 bits per heavy atom. The number of carboxylic acid groups (broad SMARTS) is 1. The smallest absolute Gasteiger partial charge is 0.330 e. The lowest BCUT2D eigenvalue weighted by Crippen LogP contribution is -2.32. The highest BCUT2D eigenvalue weighted by Crippen LogP contribution is 2.25. The van der Waals surface area contributed by atoms with Gasteiger partial charge in [0, 0.05) is 18.8 Å². The minimum absolute atomic E-state index is 0. The SMILES string of the molecule is C.NCC1CCC(n2ccc(=O)[nH]c2=O)O1.[B]C([B])C(=O)O. The Labute approximate surface area is 130 Å². The predicted octanol–water partition coefficient (Wildman–Crippen LogP) is -1.04. The van der Waals surface area contributed by atoms with Crippen LogP contribution in [0.4, 0.5) is 0 Å². The highest BCUT2D eigenvalue weighted by atomic mass is 16.5. The third-order valence-electron chi connectivity index (χ3n) is 2.79. The van der Waals surface area contributed by atoms with Crippen LogP contribution in [0.1, 0.15) is 26.5 Å². The van der Waals surface area contributed by atoms with Gasteiger partial charge in [0.25, 0.3) is 11.5 Å². The number of carbonyl (C=O) groups is 1. The first-order valence-electron chi connectivity index (χ1n) is 6.26. The lowest BCUT2D eigenvalue weighted by molar-refractivity contribution is -0.135. The van der Waals surface area contributed by atoms with Crippen molar-refractivity contribution >= 4 is 21.7 Å². The largest absolute Gasteiger partial charge is 0.482 e. The van der Waals surface area contributed by atoms with Crippen molar-refractivity contribution in [1.29, 1.82) is 0 Å². The molecule has 4 radical (unpaired) electrons. The zero-order valence-electron chi connectivity index (χ0n) is 11.3. The molecule has 4 N–H and O–H groups in total. The first-order valence-corrected chi connectivity index (χ1v) is 6.26. The molecule has 0 spiro atoms. The van der Waals surface area contributed by atoms with E-state index in [0.29, 0.717) is 6.54 Å². The number of aromatic amines is 1. The Morgan fingerprint density at radius 3 is 2.50 bits per heavy atom. The highest BCUT2D eigenvalue weighted by Gasteiger charge is 2.25. The van der Waals surface area contributed by atoms with E-state index in [9.17, 15) is 14.4 Å². The number of aliphatic carboxylic acids is 1. The second-order valence-corrected chi connectivity index (χ2v) is 4.41. The van der Waals surface area contributed by atoms with E-state index in [1.807, 2.05) is 0 Å². The van der Waals surface area contributed by atoms with Crippen molar-refractivity contribution in [2.45, 2.75) is 38.3 Å². The Kier molecular flexibility index (Phi) is 8.51. The average Bonchev–Trinajstić information content (AvgIpc) is 2.88. The van der Waals surface area contributed by atoms with Crippen LogP contribution in [0.3, 0.4) is 0 Å². The molecule has 0 saturated carbocycles. The number of nitrogens with two attached hydrogens (primary N) is 1. The topological polar surface area (TPSA) is 127 Å². The minimum Gasteiger partial charge on any atom is -0.482 e. The van der Waals surface area contributed by atoms with Gasteiger partial charge in [0.15, 0.2) is 0 Å². The van der Waals surface area contributed by atoms with Crippen LogP contribution in [-0.4, -0.2) is 49.0 Å². The number of H-pyrrole nitrogens is 1. The summed E-state index contributed by atoms with van der Waals surface area (Å²) in [4.78, 5) is 33.9. The van der Waals surface area contributed by atoms with Gasteiger partial charge in [-0.2, -0.15) is 0 Å². The summed E-state index contributed by atoms with van der Waals surface area (Å²) in [5.41, 5.74) is 3.40. The summed E-state index contributed by atoms with van der Waals surface area (Å²) in [6.07, 6.45) is 2.74. The Hall–Kier alpha value is -1.80. The number of carboxylic acids is 1. The van der Waals surface area contributed by atoms with E-state index >= 15 is 0 Å². The van der Waals surface area contributed by atoms with E-state index in [4.69, 9.17) is 15.6 Å². The van der Waals surface area contributed by atoms with Crippen LogP contribution < -0.4 is 17.0 Å². The fourth-order valence-corrected chi connectivity index (χ4v) is 1.72. The first-order chi connectivity index (χ1) is 9.85. The molecule has 118 valence electrons. The molecule has 2 atom stereocenters. The normalized spacial score (nSPS) is 19.9. The summed E-state index contributed by atoms with van der Waals surface area (Å²) in [6.45, 7) is 0.453. The van der Waals surface area contributed by atoms with E-state index in [1.54, 1.807) is 0 Å². The van der Waals surface area contributed by atoms with Gasteiger partial charge in [-0.25, -0.2) is 4.79 Å². The van der Waals surface area contributed by atoms with Crippen LogP contribution in [-0.2, 0) is 9.53 Å². The van der Waals surface area contributed by atoms with Crippen LogP contribution in [0.15, 0.2) is 21.9 Å². The summed E-state index contributed by atoms with van der Waals surface area (Å²) in [5, 5.41) is 7.74. The van der Waals surface area contributed by atoms with E-state index in [-0.39, 0.29) is 19.8 Å². The second-order valence-electron chi connectivity index (χ2n) is 4.41. The monoisotopic (exact) mass is 307 g/mol. The fourth-order valence-electron chi connectivity index (χ4n) is 1.72. The minimum atomic E-state index is -1.23. The molecule has 1 saturated heterocycles. The summed E-state index contributed by atoms with van der Waals surface area (Å²) in [6, 6.07) is 1.31. The van der Waals surface area contributed by atoms with Crippen molar-refractivity contribution in [3.8, 4) is 0 Å². The zero-order valence-corrected chi connectivity index (χ0v) is 11.3. The van der Waals surface area contributed by atoms with Gasteiger partial charge in [0.2, 0.25) is 0 Å². The van der Waals surface area contributed by atoms with Crippen LogP contribution >= 0.6 is 0 Å². The van der Waals surface area contributed by atoms with Crippen LogP contribution in [0.2, 0.25) is 5.72 Å². The van der Waals surface area contributed by atoms with E-state index in [1.165, 1.54) is 16.8 Å². The first kappa shape index (κ1) is 20.2. The molecule has 0 aliphatic carbocycles. The molecule has 0 aromatic carbocycles. The predicted molar refractivity (Wildman–Crippen MR) is 83.1 cm³/mol. The average molecular weight is 307 g/mol. The lowest BCUT2D eigenvalue weighted by atomic mass is 9.71. The molecule has 0 bridgehead atoms. The number of nitrogens with one attached hydrogen (secondary N) is 1. The van der Waals surface area contributed by atoms with E-state index in [0.717, 1.165) is 12.8 Å².